The summed E-state index contributed by atoms with van der Waals surface area (Å²) in [7, 11) is -2.25. The van der Waals surface area contributed by atoms with Crippen molar-refractivity contribution in [2.45, 2.75) is 38.8 Å². The van der Waals surface area contributed by atoms with Gasteiger partial charge in [0, 0.05) is 43.5 Å². The van der Waals surface area contributed by atoms with Crippen molar-refractivity contribution in [1.82, 2.24) is 14.1 Å². The molecule has 9 heteroatoms. The van der Waals surface area contributed by atoms with Gasteiger partial charge in [0.2, 0.25) is 10.0 Å². The second kappa shape index (κ2) is 6.70. The minimum Gasteiger partial charge on any atom is -0.270 e. The zero-order valence-corrected chi connectivity index (χ0v) is 14.9. The minimum atomic E-state index is -3.74. The molecule has 0 saturated carbocycles. The highest BCUT2D eigenvalue weighted by atomic mass is 32.2. The van der Waals surface area contributed by atoms with Crippen LogP contribution in [0.2, 0.25) is 0 Å². The molecule has 0 radical (unpaired) electrons. The predicted molar refractivity (Wildman–Crippen MR) is 89.1 cm³/mol. The first kappa shape index (κ1) is 18.1. The first-order valence-electron chi connectivity index (χ1n) is 7.42. The van der Waals surface area contributed by atoms with Crippen molar-refractivity contribution in [3.63, 3.8) is 0 Å². The number of aryl methyl sites for hydroxylation is 2. The van der Waals surface area contributed by atoms with Crippen LogP contribution in [0.15, 0.2) is 29.2 Å². The normalized spacial score (nSPS) is 11.9. The van der Waals surface area contributed by atoms with E-state index in [1.807, 2.05) is 25.5 Å². The van der Waals surface area contributed by atoms with Crippen molar-refractivity contribution in [2.24, 2.45) is 0 Å². The number of hydrogen-bond donors (Lipinski definition) is 0. The number of aromatic nitrogens is 2. The van der Waals surface area contributed by atoms with Crippen LogP contribution in [0, 0.1) is 24.0 Å². The number of sulfonamides is 1. The largest absolute Gasteiger partial charge is 0.270 e. The zero-order chi connectivity index (χ0) is 18.1. The molecule has 0 spiro atoms. The quantitative estimate of drug-likeness (QED) is 0.586. The molecule has 1 aromatic heterocycles. The Labute approximate surface area is 140 Å². The molecule has 2 rings (SSSR count). The molecule has 0 saturated heterocycles. The van der Waals surface area contributed by atoms with Gasteiger partial charge in [0.15, 0.2) is 0 Å². The van der Waals surface area contributed by atoms with Gasteiger partial charge in [-0.1, -0.05) is 0 Å². The van der Waals surface area contributed by atoms with E-state index in [1.165, 1.54) is 35.6 Å². The van der Waals surface area contributed by atoms with Gasteiger partial charge < -0.3 is 0 Å². The summed E-state index contributed by atoms with van der Waals surface area (Å²) in [6.45, 7) is 6.63. The maximum atomic E-state index is 12.6. The molecule has 1 aromatic carbocycles. The molecule has 0 unspecified atom stereocenters. The topological polar surface area (TPSA) is 98.3 Å². The summed E-state index contributed by atoms with van der Waals surface area (Å²) in [6, 6.07) is 4.87. The van der Waals surface area contributed by atoms with Crippen LogP contribution in [0.4, 0.5) is 5.69 Å². The van der Waals surface area contributed by atoms with E-state index in [-0.39, 0.29) is 17.1 Å². The van der Waals surface area contributed by atoms with Crippen molar-refractivity contribution >= 4 is 15.7 Å². The van der Waals surface area contributed by atoms with Crippen molar-refractivity contribution < 1.29 is 13.3 Å². The highest BCUT2D eigenvalue weighted by Gasteiger charge is 2.24. The number of nitro groups is 1. The fourth-order valence-electron chi connectivity index (χ4n) is 2.50. The fourth-order valence-corrected chi connectivity index (χ4v) is 3.64. The van der Waals surface area contributed by atoms with Gasteiger partial charge in [-0.2, -0.15) is 9.40 Å². The lowest BCUT2D eigenvalue weighted by atomic mass is 10.2. The Morgan fingerprint density at radius 1 is 1.25 bits per heavy atom. The van der Waals surface area contributed by atoms with Crippen LogP contribution < -0.4 is 0 Å². The number of benzene rings is 1. The van der Waals surface area contributed by atoms with Crippen LogP contribution in [-0.2, 0) is 23.1 Å². The van der Waals surface area contributed by atoms with Gasteiger partial charge in [-0.25, -0.2) is 8.42 Å². The monoisotopic (exact) mass is 352 g/mol. The maximum Gasteiger partial charge on any atom is 0.269 e. The van der Waals surface area contributed by atoms with Gasteiger partial charge in [-0.05, 0) is 32.9 Å². The van der Waals surface area contributed by atoms with Gasteiger partial charge in [-0.15, -0.1) is 0 Å². The molecule has 0 N–H and O–H groups in total. The third-order valence-electron chi connectivity index (χ3n) is 3.97. The molecule has 0 fully saturated rings. The van der Waals surface area contributed by atoms with E-state index in [4.69, 9.17) is 0 Å². The Kier molecular flexibility index (Phi) is 5.05. The molecule has 24 heavy (non-hydrogen) atoms. The van der Waals surface area contributed by atoms with Crippen LogP contribution in [0.5, 0.6) is 0 Å². The summed E-state index contributed by atoms with van der Waals surface area (Å²) in [4.78, 5) is 10.1. The number of hydrogen-bond acceptors (Lipinski definition) is 5. The summed E-state index contributed by atoms with van der Waals surface area (Å²) in [5.74, 6) is 0. The second-order valence-electron chi connectivity index (χ2n) is 5.48. The lowest BCUT2D eigenvalue weighted by molar-refractivity contribution is -0.384. The van der Waals surface area contributed by atoms with E-state index in [0.717, 1.165) is 17.0 Å². The Bertz CT molecular complexity index is 856. The zero-order valence-electron chi connectivity index (χ0n) is 14.1. The summed E-state index contributed by atoms with van der Waals surface area (Å²) in [6.07, 6.45) is 0. The van der Waals surface area contributed by atoms with Gasteiger partial charge >= 0.3 is 0 Å². The molecule has 0 atom stereocenters. The fraction of sp³-hybridized carbons (Fsp3) is 0.400. The number of nitrogens with zero attached hydrogens (tertiary/aromatic N) is 4. The Balaban J connectivity index is 2.29. The van der Waals surface area contributed by atoms with Crippen molar-refractivity contribution in [1.29, 1.82) is 0 Å². The number of non-ortho nitro benzene ring substituents is 1. The first-order chi connectivity index (χ1) is 11.2. The van der Waals surface area contributed by atoms with E-state index in [1.54, 1.807) is 0 Å². The number of rotatable bonds is 6. The molecule has 8 nitrogen and oxygen atoms in total. The Morgan fingerprint density at radius 2 is 1.83 bits per heavy atom. The highest BCUT2D eigenvalue weighted by molar-refractivity contribution is 7.89. The van der Waals surface area contributed by atoms with Gasteiger partial charge in [0.05, 0.1) is 15.5 Å². The SMILES string of the molecule is CCn1nc(C)c(CN(C)S(=O)(=O)c2ccc([N+](=O)[O-])cc2)c1C. The van der Waals surface area contributed by atoms with Crippen molar-refractivity contribution in [3.8, 4) is 0 Å². The average Bonchev–Trinajstić information content (AvgIpc) is 2.82. The molecular formula is C15H20N4O4S. The summed E-state index contributed by atoms with van der Waals surface area (Å²) >= 11 is 0. The van der Waals surface area contributed by atoms with Crippen LogP contribution in [0.3, 0.4) is 0 Å². The lowest BCUT2D eigenvalue weighted by Crippen LogP contribution is -2.27. The van der Waals surface area contributed by atoms with Gasteiger partial charge in [0.1, 0.15) is 0 Å². The van der Waals surface area contributed by atoms with Crippen molar-refractivity contribution in [3.05, 3.63) is 51.3 Å². The second-order valence-corrected chi connectivity index (χ2v) is 7.52. The standard InChI is InChI=1S/C15H20N4O4S/c1-5-18-12(3)15(11(2)16-18)10-17(4)24(22,23)14-8-6-13(7-9-14)19(20)21/h6-9H,5,10H2,1-4H3. The summed E-state index contributed by atoms with van der Waals surface area (Å²) in [5.41, 5.74) is 2.44. The smallest absolute Gasteiger partial charge is 0.269 e. The Hall–Kier alpha value is -2.26. The van der Waals surface area contributed by atoms with Crippen LogP contribution in [0.1, 0.15) is 23.9 Å². The van der Waals surface area contributed by atoms with Gasteiger partial charge in [-0.3, -0.25) is 14.8 Å². The molecule has 0 aliphatic rings. The predicted octanol–water partition coefficient (Wildman–Crippen LogP) is 2.25. The van der Waals surface area contributed by atoms with Crippen LogP contribution >= 0.6 is 0 Å². The molecule has 0 aliphatic heterocycles. The summed E-state index contributed by atoms with van der Waals surface area (Å²) in [5, 5.41) is 15.1. The van der Waals surface area contributed by atoms with Gasteiger partial charge in [0.25, 0.3) is 5.69 Å². The lowest BCUT2D eigenvalue weighted by Gasteiger charge is -2.17. The minimum absolute atomic E-state index is 0.0220. The molecule has 2 aromatic rings. The van der Waals surface area contributed by atoms with Crippen molar-refractivity contribution in [2.75, 3.05) is 7.05 Å². The van der Waals surface area contributed by atoms with E-state index >= 15 is 0 Å². The van der Waals surface area contributed by atoms with Crippen LogP contribution in [0.25, 0.3) is 0 Å². The van der Waals surface area contributed by atoms with Crippen LogP contribution in [-0.4, -0.2) is 34.5 Å². The molecule has 0 bridgehead atoms. The highest BCUT2D eigenvalue weighted by Crippen LogP contribution is 2.22. The van der Waals surface area contributed by atoms with E-state index in [9.17, 15) is 18.5 Å². The Morgan fingerprint density at radius 3 is 2.29 bits per heavy atom. The third kappa shape index (κ3) is 3.31. The van der Waals surface area contributed by atoms with E-state index in [2.05, 4.69) is 5.10 Å². The van der Waals surface area contributed by atoms with E-state index in [0.29, 0.717) is 6.54 Å². The third-order valence-corrected chi connectivity index (χ3v) is 5.78. The maximum absolute atomic E-state index is 12.6. The molecular weight excluding hydrogens is 332 g/mol. The van der Waals surface area contributed by atoms with E-state index < -0.39 is 14.9 Å². The molecule has 0 aliphatic carbocycles. The average molecular weight is 352 g/mol. The summed E-state index contributed by atoms with van der Waals surface area (Å²) < 4.78 is 28.3. The first-order valence-corrected chi connectivity index (χ1v) is 8.86. The molecule has 1 heterocycles. The molecule has 0 amide bonds. The molecule has 130 valence electrons. The number of nitro benzene ring substituents is 1.